The van der Waals surface area contributed by atoms with E-state index in [0.29, 0.717) is 28.1 Å². The first-order valence-electron chi connectivity index (χ1n) is 11.0. The number of esters is 1. The second-order valence-electron chi connectivity index (χ2n) is 8.23. The Bertz CT molecular complexity index is 1330. The molecule has 1 aliphatic rings. The van der Waals surface area contributed by atoms with E-state index in [1.165, 1.54) is 24.3 Å². The van der Waals surface area contributed by atoms with Gasteiger partial charge in [0.1, 0.15) is 0 Å². The number of aromatic nitrogens is 2. The Morgan fingerprint density at radius 1 is 0.833 bits per heavy atom. The van der Waals surface area contributed by atoms with Gasteiger partial charge < -0.3 is 20.3 Å². The summed E-state index contributed by atoms with van der Waals surface area (Å²) in [4.78, 5) is 45.6. The molecule has 4 rings (SSSR count). The highest BCUT2D eigenvalue weighted by atomic mass is 16.5. The molecule has 0 fully saturated rings. The van der Waals surface area contributed by atoms with Crippen LogP contribution in [0.3, 0.4) is 0 Å². The van der Waals surface area contributed by atoms with E-state index in [0.717, 1.165) is 0 Å². The van der Waals surface area contributed by atoms with Crippen LogP contribution in [0.25, 0.3) is 0 Å². The molecule has 1 unspecified atom stereocenters. The van der Waals surface area contributed by atoms with Crippen molar-refractivity contribution in [3.63, 3.8) is 0 Å². The number of benzene rings is 1. The van der Waals surface area contributed by atoms with Crippen LogP contribution in [0.15, 0.2) is 95.9 Å². The number of nitrogens with one attached hydrogen (secondary N) is 1. The van der Waals surface area contributed by atoms with Crippen molar-refractivity contribution in [2.75, 3.05) is 0 Å². The molecule has 3 N–H and O–H groups in total. The summed E-state index contributed by atoms with van der Waals surface area (Å²) in [6, 6.07) is 12.8. The number of aliphatic carboxylic acids is 1. The Hall–Kier alpha value is -4.79. The molecular formula is C27H23N3O6. The van der Waals surface area contributed by atoms with Gasteiger partial charge in [0, 0.05) is 47.3 Å². The van der Waals surface area contributed by atoms with Gasteiger partial charge in [0.25, 0.3) is 0 Å². The predicted molar refractivity (Wildman–Crippen MR) is 129 cm³/mol. The number of carboxylic acids is 2. The molecule has 9 nitrogen and oxygen atoms in total. The predicted octanol–water partition coefficient (Wildman–Crippen LogP) is 3.83. The summed E-state index contributed by atoms with van der Waals surface area (Å²) in [5.41, 5.74) is 2.62. The minimum absolute atomic E-state index is 0.0325. The lowest BCUT2D eigenvalue weighted by Crippen LogP contribution is -2.32. The molecule has 1 atom stereocenters. The zero-order valence-corrected chi connectivity index (χ0v) is 19.5. The molecule has 0 amide bonds. The van der Waals surface area contributed by atoms with Gasteiger partial charge in [-0.05, 0) is 43.7 Å². The van der Waals surface area contributed by atoms with Gasteiger partial charge in [-0.3, -0.25) is 9.97 Å². The third-order valence-electron chi connectivity index (χ3n) is 5.90. The summed E-state index contributed by atoms with van der Waals surface area (Å²) in [7, 11) is 0. The summed E-state index contributed by atoms with van der Waals surface area (Å²) in [5.74, 6) is -4.03. The van der Waals surface area contributed by atoms with E-state index in [1.54, 1.807) is 62.9 Å². The van der Waals surface area contributed by atoms with E-state index in [2.05, 4.69) is 15.3 Å². The Labute approximate surface area is 206 Å². The molecule has 0 radical (unpaired) electrons. The fourth-order valence-electron chi connectivity index (χ4n) is 4.26. The zero-order chi connectivity index (χ0) is 25.8. The molecule has 0 bridgehead atoms. The fraction of sp³-hybridized carbons (Fsp3) is 0.148. The van der Waals surface area contributed by atoms with E-state index in [4.69, 9.17) is 4.74 Å². The minimum atomic E-state index is -1.21. The maximum Gasteiger partial charge on any atom is 0.337 e. The van der Waals surface area contributed by atoms with Crippen molar-refractivity contribution in [3.8, 4) is 0 Å². The average Bonchev–Trinajstić information content (AvgIpc) is 2.87. The molecule has 0 saturated carbocycles. The van der Waals surface area contributed by atoms with Crippen LogP contribution in [-0.4, -0.2) is 38.1 Å². The topological polar surface area (TPSA) is 139 Å². The maximum atomic E-state index is 13.7. The highest BCUT2D eigenvalue weighted by Gasteiger charge is 2.38. The van der Waals surface area contributed by atoms with Gasteiger partial charge in [0.15, 0.2) is 6.10 Å². The molecule has 2 aromatic heterocycles. The molecule has 0 spiro atoms. The molecular weight excluding hydrogens is 462 g/mol. The van der Waals surface area contributed by atoms with Gasteiger partial charge in [0.2, 0.25) is 0 Å². The lowest BCUT2D eigenvalue weighted by molar-refractivity contribution is -0.143. The van der Waals surface area contributed by atoms with Gasteiger partial charge in [-0.2, -0.15) is 0 Å². The fourth-order valence-corrected chi connectivity index (χ4v) is 4.26. The van der Waals surface area contributed by atoms with E-state index < -0.39 is 29.9 Å². The van der Waals surface area contributed by atoms with E-state index in [1.807, 2.05) is 0 Å². The third kappa shape index (κ3) is 4.85. The van der Waals surface area contributed by atoms with Gasteiger partial charge >= 0.3 is 17.9 Å². The van der Waals surface area contributed by atoms with Crippen LogP contribution in [0.2, 0.25) is 0 Å². The SMILES string of the molecule is CC1=C(C(=O)O)C(c2ccc(C(=O)O)cc2)C(C(=O)OC(c2cccnc2)c2cccnc2)=C(C)N1. The van der Waals surface area contributed by atoms with Gasteiger partial charge in [-0.15, -0.1) is 0 Å². The highest BCUT2D eigenvalue weighted by Crippen LogP contribution is 2.40. The maximum absolute atomic E-state index is 13.7. The summed E-state index contributed by atoms with van der Waals surface area (Å²) < 4.78 is 5.98. The number of hydrogen-bond donors (Lipinski definition) is 3. The number of aromatic carboxylic acids is 1. The molecule has 1 aromatic carbocycles. The van der Waals surface area contributed by atoms with Crippen molar-refractivity contribution in [2.45, 2.75) is 25.9 Å². The Balaban J connectivity index is 1.78. The lowest BCUT2D eigenvalue weighted by atomic mass is 9.80. The number of rotatable bonds is 7. The molecule has 1 aliphatic heterocycles. The van der Waals surface area contributed by atoms with Gasteiger partial charge in [-0.1, -0.05) is 24.3 Å². The number of nitrogens with zero attached hydrogens (tertiary/aromatic N) is 2. The number of pyridine rings is 2. The number of carboxylic acid groups (broad SMARTS) is 2. The van der Waals surface area contributed by atoms with Crippen LogP contribution in [-0.2, 0) is 14.3 Å². The molecule has 182 valence electrons. The standard InChI is InChI=1S/C27H23N3O6/c1-15-21(26(33)34)23(17-7-9-18(10-8-17)25(31)32)22(16(2)30-15)27(35)36-24(19-5-3-11-28-13-19)20-6-4-12-29-14-20/h3-14,23-24,30H,1-2H3,(H,31,32)(H,33,34). The van der Waals surface area contributed by atoms with Gasteiger partial charge in [-0.25, -0.2) is 14.4 Å². The van der Waals surface area contributed by atoms with Crippen molar-refractivity contribution in [1.82, 2.24) is 15.3 Å². The van der Waals surface area contributed by atoms with Crippen LogP contribution in [0, 0.1) is 0 Å². The number of dihydropyridines is 1. The monoisotopic (exact) mass is 485 g/mol. The number of carbonyl (C=O) groups excluding carboxylic acids is 1. The average molecular weight is 485 g/mol. The van der Waals surface area contributed by atoms with Crippen molar-refractivity contribution in [2.24, 2.45) is 0 Å². The van der Waals surface area contributed by atoms with Gasteiger partial charge in [0.05, 0.1) is 22.6 Å². The van der Waals surface area contributed by atoms with Crippen LogP contribution >= 0.6 is 0 Å². The molecule has 36 heavy (non-hydrogen) atoms. The van der Waals surface area contributed by atoms with E-state index in [9.17, 15) is 24.6 Å². The quantitative estimate of drug-likeness (QED) is 0.426. The van der Waals surface area contributed by atoms with Crippen molar-refractivity contribution in [1.29, 1.82) is 0 Å². The lowest BCUT2D eigenvalue weighted by Gasteiger charge is -2.30. The summed E-state index contributed by atoms with van der Waals surface area (Å²) >= 11 is 0. The summed E-state index contributed by atoms with van der Waals surface area (Å²) in [5, 5.41) is 22.3. The minimum Gasteiger partial charge on any atom is -0.478 e. The highest BCUT2D eigenvalue weighted by molar-refractivity contribution is 5.99. The number of ether oxygens (including phenoxy) is 1. The normalized spacial score (nSPS) is 15.5. The largest absolute Gasteiger partial charge is 0.478 e. The molecule has 3 heterocycles. The second kappa shape index (κ2) is 10.2. The van der Waals surface area contributed by atoms with E-state index >= 15 is 0 Å². The smallest absolute Gasteiger partial charge is 0.337 e. The number of carbonyl (C=O) groups is 3. The van der Waals surface area contributed by atoms with Crippen molar-refractivity contribution < 1.29 is 29.3 Å². The van der Waals surface area contributed by atoms with Crippen LogP contribution in [0.4, 0.5) is 0 Å². The first-order chi connectivity index (χ1) is 17.3. The molecule has 9 heteroatoms. The Morgan fingerprint density at radius 2 is 1.39 bits per heavy atom. The number of hydrogen-bond acceptors (Lipinski definition) is 7. The number of allylic oxidation sites excluding steroid dienone is 2. The first-order valence-corrected chi connectivity index (χ1v) is 11.0. The Kier molecular flexibility index (Phi) is 6.91. The first kappa shape index (κ1) is 24.3. The molecule has 3 aromatic rings. The van der Waals surface area contributed by atoms with E-state index in [-0.39, 0.29) is 16.7 Å². The van der Waals surface area contributed by atoms with Crippen molar-refractivity contribution in [3.05, 3.63) is 118 Å². The summed E-state index contributed by atoms with van der Waals surface area (Å²) in [6.07, 6.45) is 5.54. The summed E-state index contributed by atoms with van der Waals surface area (Å²) in [6.45, 7) is 3.28. The van der Waals surface area contributed by atoms with Crippen LogP contribution in [0.1, 0.15) is 52.9 Å². The second-order valence-corrected chi connectivity index (χ2v) is 8.23. The Morgan fingerprint density at radius 3 is 1.86 bits per heavy atom. The van der Waals surface area contributed by atoms with Crippen LogP contribution in [0.5, 0.6) is 0 Å². The molecule has 0 aliphatic carbocycles. The third-order valence-corrected chi connectivity index (χ3v) is 5.90. The molecule has 0 saturated heterocycles. The van der Waals surface area contributed by atoms with Crippen molar-refractivity contribution >= 4 is 17.9 Å². The van der Waals surface area contributed by atoms with Crippen LogP contribution < -0.4 is 5.32 Å². The zero-order valence-electron chi connectivity index (χ0n) is 19.5.